The van der Waals surface area contributed by atoms with E-state index in [1.807, 2.05) is 18.2 Å². The average Bonchev–Trinajstić information content (AvgIpc) is 2.25. The first-order valence-electron chi connectivity index (χ1n) is 5.67. The zero-order chi connectivity index (χ0) is 12.5. The van der Waals surface area contributed by atoms with Gasteiger partial charge in [-0.1, -0.05) is 12.1 Å². The topological polar surface area (TPSA) is 49.4 Å². The molecule has 1 aliphatic heterocycles. The number of carbonyl (C=O) groups is 1. The number of carboxylic acids is 1. The standard InChI is InChI=1S/C14H16O3.Na/c1-14(2)8-7-11-9-10(4-6-13(15)16)3-5-12(11)17-14;/h3-6,9H,7-8H2,1-2H3,(H,15,16);/q;+1/p-1/b6-4+;. The van der Waals surface area contributed by atoms with Crippen molar-refractivity contribution in [2.24, 2.45) is 0 Å². The van der Waals surface area contributed by atoms with Crippen LogP contribution in [-0.4, -0.2) is 11.6 Å². The monoisotopic (exact) mass is 254 g/mol. The molecule has 0 aliphatic carbocycles. The Bertz CT molecular complexity index is 478. The minimum absolute atomic E-state index is 0. The second-order valence-corrected chi connectivity index (χ2v) is 4.88. The molecule has 0 spiro atoms. The van der Waals surface area contributed by atoms with Crippen LogP contribution in [0.3, 0.4) is 0 Å². The third-order valence-electron chi connectivity index (χ3n) is 2.88. The average molecular weight is 254 g/mol. The molecule has 0 saturated carbocycles. The molecular weight excluding hydrogens is 239 g/mol. The van der Waals surface area contributed by atoms with Crippen molar-refractivity contribution >= 4 is 12.0 Å². The van der Waals surface area contributed by atoms with Crippen LogP contribution >= 0.6 is 0 Å². The van der Waals surface area contributed by atoms with Crippen LogP contribution in [0, 0.1) is 0 Å². The Kier molecular flexibility index (Phi) is 5.02. The Morgan fingerprint density at radius 1 is 1.44 bits per heavy atom. The molecule has 1 aromatic carbocycles. The van der Waals surface area contributed by atoms with E-state index in [-0.39, 0.29) is 35.2 Å². The molecule has 0 saturated heterocycles. The van der Waals surface area contributed by atoms with Crippen molar-refractivity contribution in [3.63, 3.8) is 0 Å². The zero-order valence-corrected chi connectivity index (χ0v) is 13.0. The van der Waals surface area contributed by atoms with Crippen LogP contribution < -0.4 is 39.4 Å². The Hall–Kier alpha value is -0.770. The summed E-state index contributed by atoms with van der Waals surface area (Å²) in [7, 11) is 0. The van der Waals surface area contributed by atoms with Crippen LogP contribution in [0.4, 0.5) is 0 Å². The van der Waals surface area contributed by atoms with E-state index in [0.29, 0.717) is 0 Å². The second-order valence-electron chi connectivity index (χ2n) is 4.88. The first-order valence-corrected chi connectivity index (χ1v) is 5.67. The van der Waals surface area contributed by atoms with E-state index >= 15 is 0 Å². The minimum atomic E-state index is -1.18. The van der Waals surface area contributed by atoms with Crippen molar-refractivity contribution in [3.05, 3.63) is 35.4 Å². The van der Waals surface area contributed by atoms with Gasteiger partial charge in [0.2, 0.25) is 0 Å². The molecule has 0 radical (unpaired) electrons. The Balaban J connectivity index is 0.00000162. The molecule has 0 fully saturated rings. The number of ether oxygens (including phenoxy) is 1. The molecule has 18 heavy (non-hydrogen) atoms. The number of aliphatic carboxylic acids is 1. The number of hydrogen-bond donors (Lipinski definition) is 0. The summed E-state index contributed by atoms with van der Waals surface area (Å²) in [5.74, 6) is -0.285. The molecule has 1 aliphatic rings. The number of benzene rings is 1. The van der Waals surface area contributed by atoms with Crippen molar-refractivity contribution in [1.82, 2.24) is 0 Å². The van der Waals surface area contributed by atoms with Gasteiger partial charge in [0.05, 0.1) is 5.97 Å². The molecule has 2 rings (SSSR count). The maximum atomic E-state index is 10.3. The van der Waals surface area contributed by atoms with Gasteiger partial charge in [0.1, 0.15) is 11.4 Å². The fraction of sp³-hybridized carbons (Fsp3) is 0.357. The van der Waals surface area contributed by atoms with E-state index in [1.165, 1.54) is 6.08 Å². The Labute approximate surface area is 129 Å². The molecule has 1 heterocycles. The van der Waals surface area contributed by atoms with E-state index < -0.39 is 5.97 Å². The number of carbonyl (C=O) groups excluding carboxylic acids is 1. The van der Waals surface area contributed by atoms with Crippen LogP contribution in [-0.2, 0) is 11.2 Å². The summed E-state index contributed by atoms with van der Waals surface area (Å²) in [5, 5.41) is 10.3. The Morgan fingerprint density at radius 3 is 2.83 bits per heavy atom. The number of rotatable bonds is 2. The predicted octanol–water partition coefficient (Wildman–Crippen LogP) is -1.44. The van der Waals surface area contributed by atoms with Crippen LogP contribution in [0.5, 0.6) is 5.75 Å². The molecule has 1 aromatic rings. The summed E-state index contributed by atoms with van der Waals surface area (Å²) in [4.78, 5) is 10.3. The molecule has 4 heteroatoms. The number of hydrogen-bond acceptors (Lipinski definition) is 3. The fourth-order valence-corrected chi connectivity index (χ4v) is 1.95. The predicted molar refractivity (Wildman–Crippen MR) is 63.5 cm³/mol. The summed E-state index contributed by atoms with van der Waals surface area (Å²) < 4.78 is 5.85. The van der Waals surface area contributed by atoms with Gasteiger partial charge in [-0.05, 0) is 56.0 Å². The van der Waals surface area contributed by atoms with Crippen molar-refractivity contribution < 1.29 is 44.2 Å². The first kappa shape index (κ1) is 15.3. The largest absolute Gasteiger partial charge is 1.00 e. The Morgan fingerprint density at radius 2 is 2.17 bits per heavy atom. The SMILES string of the molecule is CC1(C)CCc2cc(/C=C/C(=O)[O-])ccc2O1.[Na+]. The van der Waals surface area contributed by atoms with Gasteiger partial charge in [-0.25, -0.2) is 0 Å². The van der Waals surface area contributed by atoms with Gasteiger partial charge >= 0.3 is 29.6 Å². The second kappa shape index (κ2) is 5.91. The van der Waals surface area contributed by atoms with E-state index in [0.717, 1.165) is 35.8 Å². The van der Waals surface area contributed by atoms with Gasteiger partial charge in [-0.2, -0.15) is 0 Å². The smallest absolute Gasteiger partial charge is 0.545 e. The number of carboxylic acid groups (broad SMARTS) is 1. The zero-order valence-electron chi connectivity index (χ0n) is 11.0. The van der Waals surface area contributed by atoms with Crippen molar-refractivity contribution in [2.45, 2.75) is 32.3 Å². The van der Waals surface area contributed by atoms with E-state index in [1.54, 1.807) is 0 Å². The summed E-state index contributed by atoms with van der Waals surface area (Å²) >= 11 is 0. The van der Waals surface area contributed by atoms with Gasteiger partial charge in [0, 0.05) is 0 Å². The maximum absolute atomic E-state index is 10.3. The molecule has 0 N–H and O–H groups in total. The first-order chi connectivity index (χ1) is 7.96. The quantitative estimate of drug-likeness (QED) is 0.479. The molecule has 0 aromatic heterocycles. The molecule has 0 atom stereocenters. The van der Waals surface area contributed by atoms with E-state index in [9.17, 15) is 9.90 Å². The van der Waals surface area contributed by atoms with Gasteiger partial charge in [-0.15, -0.1) is 0 Å². The normalized spacial score (nSPS) is 16.6. The van der Waals surface area contributed by atoms with Gasteiger partial charge < -0.3 is 14.6 Å². The summed E-state index contributed by atoms with van der Waals surface area (Å²) in [6.07, 6.45) is 4.49. The molecule has 0 amide bonds. The van der Waals surface area contributed by atoms with Crippen LogP contribution in [0.1, 0.15) is 31.4 Å². The van der Waals surface area contributed by atoms with Crippen molar-refractivity contribution in [1.29, 1.82) is 0 Å². The van der Waals surface area contributed by atoms with Crippen molar-refractivity contribution in [3.8, 4) is 5.75 Å². The van der Waals surface area contributed by atoms with Gasteiger partial charge in [0.15, 0.2) is 0 Å². The third-order valence-corrected chi connectivity index (χ3v) is 2.88. The molecule has 0 bridgehead atoms. The number of fused-ring (bicyclic) bond motifs is 1. The molecule has 0 unspecified atom stereocenters. The summed E-state index contributed by atoms with van der Waals surface area (Å²) in [6, 6.07) is 5.70. The van der Waals surface area contributed by atoms with Crippen molar-refractivity contribution in [2.75, 3.05) is 0 Å². The van der Waals surface area contributed by atoms with Crippen LogP contribution in [0.2, 0.25) is 0 Å². The fourth-order valence-electron chi connectivity index (χ4n) is 1.95. The van der Waals surface area contributed by atoms with E-state index in [2.05, 4.69) is 13.8 Å². The van der Waals surface area contributed by atoms with E-state index in [4.69, 9.17) is 4.74 Å². The maximum Gasteiger partial charge on any atom is 1.00 e. The third kappa shape index (κ3) is 3.87. The molecule has 3 nitrogen and oxygen atoms in total. The molecular formula is C14H15NaO3. The van der Waals surface area contributed by atoms with Gasteiger partial charge in [-0.3, -0.25) is 0 Å². The van der Waals surface area contributed by atoms with Crippen LogP contribution in [0.25, 0.3) is 6.08 Å². The summed E-state index contributed by atoms with van der Waals surface area (Å²) in [5.41, 5.74) is 1.87. The van der Waals surface area contributed by atoms with Gasteiger partial charge in [0.25, 0.3) is 0 Å². The minimum Gasteiger partial charge on any atom is -0.545 e. The number of aryl methyl sites for hydroxylation is 1. The molecule has 90 valence electrons. The van der Waals surface area contributed by atoms with Crippen LogP contribution in [0.15, 0.2) is 24.3 Å². The summed E-state index contributed by atoms with van der Waals surface area (Å²) in [6.45, 7) is 4.14.